The molecule has 7 rings (SSSR count). The molecule has 0 aliphatic carbocycles. The molecule has 0 fully saturated rings. The fourth-order valence-corrected chi connectivity index (χ4v) is 6.13. The molecule has 0 saturated heterocycles. The second-order valence-electron chi connectivity index (χ2n) is 11.9. The van der Waals surface area contributed by atoms with Crippen molar-refractivity contribution in [2.45, 2.75) is 59.8 Å². The lowest BCUT2D eigenvalue weighted by molar-refractivity contribution is 0.591. The number of fused-ring (bicyclic) bond motifs is 4. The Labute approximate surface area is 237 Å². The lowest BCUT2D eigenvalue weighted by Crippen LogP contribution is -2.39. The van der Waals surface area contributed by atoms with Crippen LogP contribution in [0, 0.1) is 13.8 Å². The second-order valence-corrected chi connectivity index (χ2v) is 11.9. The minimum atomic E-state index is -0.229. The van der Waals surface area contributed by atoms with E-state index in [2.05, 4.69) is 111 Å². The zero-order valence-electron chi connectivity index (χ0n) is 23.2. The molecule has 0 N–H and O–H groups in total. The number of rotatable bonds is 2. The molecule has 5 aromatic rings. The summed E-state index contributed by atoms with van der Waals surface area (Å²) >= 11 is 0. The van der Waals surface area contributed by atoms with Crippen LogP contribution in [-0.2, 0) is 10.8 Å². The van der Waals surface area contributed by atoms with Gasteiger partial charge >= 0.3 is 0 Å². The van der Waals surface area contributed by atoms with E-state index in [-0.39, 0.29) is 18.3 Å². The Morgan fingerprint density at radius 3 is 1.35 bits per heavy atom. The van der Waals surface area contributed by atoms with Crippen molar-refractivity contribution in [3.8, 4) is 22.8 Å². The van der Waals surface area contributed by atoms with Crippen molar-refractivity contribution in [3.05, 3.63) is 113 Å². The van der Waals surface area contributed by atoms with E-state index in [1.165, 1.54) is 27.9 Å². The first-order valence-corrected chi connectivity index (χ1v) is 13.5. The standard InChI is InChI=1S/C34H31N5.CH4/c1-20-10-14-26(35-18-20)28-16-12-24-31(37-28)39-30-22(33(24,3)4)8-7-9-23(30)34(5,6)25-13-17-29(38-32(25)39)27-15-11-21(2)19-36-27;/h7-19H,1-6H3;1H4. The van der Waals surface area contributed by atoms with Gasteiger partial charge in [-0.3, -0.25) is 14.9 Å². The molecule has 2 aliphatic heterocycles. The van der Waals surface area contributed by atoms with Gasteiger partial charge in [-0.1, -0.05) is 77.6 Å². The van der Waals surface area contributed by atoms with E-state index < -0.39 is 0 Å². The number of benzene rings is 1. The molecule has 0 saturated carbocycles. The predicted octanol–water partition coefficient (Wildman–Crippen LogP) is 8.60. The topological polar surface area (TPSA) is 54.8 Å². The minimum absolute atomic E-state index is 0. The van der Waals surface area contributed by atoms with Gasteiger partial charge in [-0.2, -0.15) is 0 Å². The maximum atomic E-state index is 5.30. The Balaban J connectivity index is 0.00000289. The van der Waals surface area contributed by atoms with Gasteiger partial charge in [0.2, 0.25) is 0 Å². The summed E-state index contributed by atoms with van der Waals surface area (Å²) in [5.74, 6) is 1.83. The van der Waals surface area contributed by atoms with Crippen molar-refractivity contribution < 1.29 is 0 Å². The molecule has 5 nitrogen and oxygen atoms in total. The molecular formula is C35H35N5. The number of hydrogen-bond donors (Lipinski definition) is 0. The largest absolute Gasteiger partial charge is 0.278 e. The van der Waals surface area contributed by atoms with Crippen LogP contribution in [0.3, 0.4) is 0 Å². The van der Waals surface area contributed by atoms with E-state index in [4.69, 9.17) is 9.97 Å². The fraction of sp³-hybridized carbons (Fsp3) is 0.257. The minimum Gasteiger partial charge on any atom is -0.278 e. The average Bonchev–Trinajstić information content (AvgIpc) is 2.93. The lowest BCUT2D eigenvalue weighted by Gasteiger charge is -2.48. The first-order valence-electron chi connectivity index (χ1n) is 13.5. The lowest BCUT2D eigenvalue weighted by atomic mass is 9.67. The Hall–Kier alpha value is -4.38. The molecule has 4 aromatic heterocycles. The summed E-state index contributed by atoms with van der Waals surface area (Å²) in [6.07, 6.45) is 3.80. The Kier molecular flexibility index (Phi) is 5.70. The van der Waals surface area contributed by atoms with Gasteiger partial charge in [-0.05, 0) is 60.4 Å². The summed E-state index contributed by atoms with van der Waals surface area (Å²) in [5.41, 5.74) is 11.4. The molecule has 0 spiro atoms. The van der Waals surface area contributed by atoms with Crippen LogP contribution in [0.2, 0.25) is 0 Å². The summed E-state index contributed by atoms with van der Waals surface area (Å²) in [6, 6.07) is 23.6. The van der Waals surface area contributed by atoms with Gasteiger partial charge < -0.3 is 0 Å². The average molecular weight is 526 g/mol. The Morgan fingerprint density at radius 2 is 0.950 bits per heavy atom. The molecule has 5 heteroatoms. The molecule has 200 valence electrons. The van der Waals surface area contributed by atoms with E-state index in [0.717, 1.165) is 45.5 Å². The van der Waals surface area contributed by atoms with Gasteiger partial charge in [-0.25, -0.2) is 9.97 Å². The second kappa shape index (κ2) is 8.82. The summed E-state index contributed by atoms with van der Waals surface area (Å²) in [4.78, 5) is 22.3. The predicted molar refractivity (Wildman–Crippen MR) is 164 cm³/mol. The van der Waals surface area contributed by atoms with Crippen molar-refractivity contribution in [2.24, 2.45) is 0 Å². The summed E-state index contributed by atoms with van der Waals surface area (Å²) < 4.78 is 0. The van der Waals surface area contributed by atoms with Crippen LogP contribution in [0.4, 0.5) is 17.3 Å². The SMILES string of the molecule is C.Cc1ccc(-c2ccc3c(n2)N2c4nc(-c5ccc(C)cn5)ccc4C(C)(C)c4cccc(c42)C3(C)C)nc1. The van der Waals surface area contributed by atoms with Crippen molar-refractivity contribution >= 4 is 17.3 Å². The molecule has 0 unspecified atom stereocenters. The number of aromatic nitrogens is 4. The number of nitrogens with zero attached hydrogens (tertiary/aromatic N) is 5. The Morgan fingerprint density at radius 1 is 0.525 bits per heavy atom. The summed E-state index contributed by atoms with van der Waals surface area (Å²) in [7, 11) is 0. The van der Waals surface area contributed by atoms with E-state index >= 15 is 0 Å². The monoisotopic (exact) mass is 525 g/mol. The molecule has 0 amide bonds. The van der Waals surface area contributed by atoms with E-state index in [1.807, 2.05) is 24.5 Å². The third kappa shape index (κ3) is 3.60. The highest BCUT2D eigenvalue weighted by atomic mass is 15.3. The molecule has 6 heterocycles. The van der Waals surface area contributed by atoms with Crippen LogP contribution >= 0.6 is 0 Å². The number of anilines is 3. The number of para-hydroxylation sites is 1. The molecule has 1 aromatic carbocycles. The Bertz CT molecular complexity index is 1640. The van der Waals surface area contributed by atoms with Gasteiger partial charge in [0.1, 0.15) is 11.6 Å². The van der Waals surface area contributed by atoms with Crippen molar-refractivity contribution in [1.82, 2.24) is 19.9 Å². The summed E-state index contributed by atoms with van der Waals surface area (Å²) in [5, 5.41) is 0. The first-order chi connectivity index (χ1) is 18.7. The maximum absolute atomic E-state index is 5.30. The van der Waals surface area contributed by atoms with Crippen molar-refractivity contribution in [1.29, 1.82) is 0 Å². The van der Waals surface area contributed by atoms with Gasteiger partial charge in [0, 0.05) is 34.4 Å². The van der Waals surface area contributed by atoms with Crippen LogP contribution in [0.5, 0.6) is 0 Å². The van der Waals surface area contributed by atoms with Crippen LogP contribution in [-0.4, -0.2) is 19.9 Å². The molecule has 0 bridgehead atoms. The molecule has 0 radical (unpaired) electrons. The van der Waals surface area contributed by atoms with E-state index in [1.54, 1.807) is 0 Å². The smallest absolute Gasteiger partial charge is 0.143 e. The number of aryl methyl sites for hydroxylation is 2. The van der Waals surface area contributed by atoms with E-state index in [0.29, 0.717) is 0 Å². The van der Waals surface area contributed by atoms with Crippen LogP contribution in [0.15, 0.2) is 79.1 Å². The van der Waals surface area contributed by atoms with Gasteiger partial charge in [0.15, 0.2) is 0 Å². The highest BCUT2D eigenvalue weighted by Gasteiger charge is 2.46. The van der Waals surface area contributed by atoms with Crippen LogP contribution in [0.25, 0.3) is 22.8 Å². The third-order valence-corrected chi connectivity index (χ3v) is 8.47. The quantitative estimate of drug-likeness (QED) is 0.231. The van der Waals surface area contributed by atoms with Crippen molar-refractivity contribution in [3.63, 3.8) is 0 Å². The highest BCUT2D eigenvalue weighted by molar-refractivity contribution is 5.91. The highest BCUT2D eigenvalue weighted by Crippen LogP contribution is 2.59. The van der Waals surface area contributed by atoms with Gasteiger partial charge in [-0.15, -0.1) is 0 Å². The maximum Gasteiger partial charge on any atom is 0.143 e. The summed E-state index contributed by atoms with van der Waals surface area (Å²) in [6.45, 7) is 13.3. The molecule has 2 aliphatic rings. The number of pyridine rings is 4. The zero-order chi connectivity index (χ0) is 27.1. The fourth-order valence-electron chi connectivity index (χ4n) is 6.13. The zero-order valence-corrected chi connectivity index (χ0v) is 23.2. The molecule has 0 atom stereocenters. The molecule has 40 heavy (non-hydrogen) atoms. The normalized spacial score (nSPS) is 15.4. The van der Waals surface area contributed by atoms with Gasteiger partial charge in [0.05, 0.1) is 28.5 Å². The van der Waals surface area contributed by atoms with Crippen LogP contribution < -0.4 is 4.90 Å². The van der Waals surface area contributed by atoms with Crippen LogP contribution in [0.1, 0.15) is 68.5 Å². The van der Waals surface area contributed by atoms with Crippen molar-refractivity contribution in [2.75, 3.05) is 4.90 Å². The first kappa shape index (κ1) is 25.9. The molecular weight excluding hydrogens is 490 g/mol. The van der Waals surface area contributed by atoms with E-state index in [9.17, 15) is 0 Å². The van der Waals surface area contributed by atoms with Gasteiger partial charge in [0.25, 0.3) is 0 Å². The third-order valence-electron chi connectivity index (χ3n) is 8.47. The number of hydrogen-bond acceptors (Lipinski definition) is 5.